The number of carbonyl (C=O) groups excluding carboxylic acids is 1. The number of nitrogens with zero attached hydrogens (tertiary/aromatic N) is 4. The maximum absolute atomic E-state index is 11.5. The Bertz CT molecular complexity index is 1210. The lowest BCUT2D eigenvalue weighted by Gasteiger charge is -2.17. The number of H-pyrrole nitrogens is 1. The van der Waals surface area contributed by atoms with E-state index >= 15 is 0 Å². The molecule has 2 aromatic carbocycles. The summed E-state index contributed by atoms with van der Waals surface area (Å²) in [5, 5.41) is 20.0. The van der Waals surface area contributed by atoms with Crippen LogP contribution in [0.15, 0.2) is 61.1 Å². The molecule has 0 aliphatic rings. The number of benzene rings is 2. The van der Waals surface area contributed by atoms with Crippen LogP contribution in [-0.2, 0) is 6.42 Å². The number of nitrogens with two attached hydrogens (primary N) is 1. The maximum Gasteiger partial charge on any atom is 0.248 e. The second-order valence-electron chi connectivity index (χ2n) is 7.40. The highest BCUT2D eigenvalue weighted by Gasteiger charge is 2.18. The van der Waals surface area contributed by atoms with Gasteiger partial charge in [0.15, 0.2) is 5.82 Å². The minimum atomic E-state index is -0.472. The Balaban J connectivity index is 1.67. The van der Waals surface area contributed by atoms with Crippen LogP contribution in [0.5, 0.6) is 0 Å². The average Bonchev–Trinajstić information content (AvgIpc) is 3.33. The molecule has 9 heteroatoms. The van der Waals surface area contributed by atoms with Gasteiger partial charge in [-0.1, -0.05) is 30.3 Å². The molecule has 0 bridgehead atoms. The topological polar surface area (TPSA) is 143 Å². The van der Waals surface area contributed by atoms with E-state index in [1.807, 2.05) is 43.3 Å². The Morgan fingerprint density at radius 2 is 2.00 bits per heavy atom. The van der Waals surface area contributed by atoms with Gasteiger partial charge in [0.2, 0.25) is 11.9 Å². The molecule has 0 unspecified atom stereocenters. The fourth-order valence-electron chi connectivity index (χ4n) is 3.56. The maximum atomic E-state index is 11.5. The number of hydrogen-bond donors (Lipinski definition) is 4. The molecular formula is C23H23N7O2. The number of anilines is 2. The summed E-state index contributed by atoms with van der Waals surface area (Å²) in [7, 11) is 0. The van der Waals surface area contributed by atoms with Gasteiger partial charge in [0.1, 0.15) is 6.33 Å². The van der Waals surface area contributed by atoms with Crippen molar-refractivity contribution in [2.45, 2.75) is 19.3 Å². The molecule has 32 heavy (non-hydrogen) atoms. The lowest BCUT2D eigenvalue weighted by atomic mass is 9.93. The number of amides is 1. The van der Waals surface area contributed by atoms with Gasteiger partial charge in [0.05, 0.1) is 17.9 Å². The number of aryl methyl sites for hydroxylation is 1. The van der Waals surface area contributed by atoms with Gasteiger partial charge in [-0.15, -0.1) is 0 Å². The van der Waals surface area contributed by atoms with E-state index in [1.54, 1.807) is 18.3 Å². The molecule has 5 N–H and O–H groups in total. The van der Waals surface area contributed by atoms with Crippen LogP contribution in [-0.4, -0.2) is 42.8 Å². The first-order chi connectivity index (χ1) is 15.5. The largest absolute Gasteiger partial charge is 0.396 e. The summed E-state index contributed by atoms with van der Waals surface area (Å²) in [5.41, 5.74) is 9.78. The zero-order valence-electron chi connectivity index (χ0n) is 17.5. The third kappa shape index (κ3) is 4.62. The Hall–Kier alpha value is -4.11. The van der Waals surface area contributed by atoms with Crippen molar-refractivity contribution >= 4 is 17.5 Å². The third-order valence-electron chi connectivity index (χ3n) is 5.22. The predicted molar refractivity (Wildman–Crippen MR) is 120 cm³/mol. The first kappa shape index (κ1) is 21.1. The molecule has 0 radical (unpaired) electrons. The molecule has 9 nitrogen and oxygen atoms in total. The summed E-state index contributed by atoms with van der Waals surface area (Å²) in [6.45, 7) is 1.79. The van der Waals surface area contributed by atoms with Crippen LogP contribution < -0.4 is 11.1 Å². The van der Waals surface area contributed by atoms with E-state index < -0.39 is 5.91 Å². The molecule has 4 rings (SSSR count). The first-order valence-corrected chi connectivity index (χ1v) is 10.1. The van der Waals surface area contributed by atoms with E-state index in [0.717, 1.165) is 16.8 Å². The number of aliphatic hydroxyl groups is 1. The SMILES string of the molecule is Cc1cc(Nc2ncc(-c3ncn[nH]3)c(C[C@H](CO)c3ccccc3)n2)ccc1C(N)=O. The quantitative estimate of drug-likeness (QED) is 0.337. The number of carbonyl (C=O) groups is 1. The summed E-state index contributed by atoms with van der Waals surface area (Å²) < 4.78 is 0. The number of aliphatic hydroxyl groups excluding tert-OH is 1. The summed E-state index contributed by atoms with van der Waals surface area (Å²) >= 11 is 0. The van der Waals surface area contributed by atoms with Gasteiger partial charge in [-0.05, 0) is 42.7 Å². The minimum absolute atomic E-state index is 0.0274. The van der Waals surface area contributed by atoms with Gasteiger partial charge in [-0.2, -0.15) is 5.10 Å². The highest BCUT2D eigenvalue weighted by Crippen LogP contribution is 2.27. The van der Waals surface area contributed by atoms with E-state index in [-0.39, 0.29) is 12.5 Å². The van der Waals surface area contributed by atoms with Crippen molar-refractivity contribution in [3.8, 4) is 11.4 Å². The van der Waals surface area contributed by atoms with Crippen molar-refractivity contribution in [2.24, 2.45) is 5.73 Å². The first-order valence-electron chi connectivity index (χ1n) is 10.1. The summed E-state index contributed by atoms with van der Waals surface area (Å²) in [4.78, 5) is 24.8. The Labute approximate surface area is 184 Å². The molecular weight excluding hydrogens is 406 g/mol. The standard InChI is InChI=1S/C23H23N7O2/c1-14-9-17(7-8-18(14)21(24)32)28-23-25-11-19(22-26-13-27-30-22)20(29-23)10-16(12-31)15-5-3-2-4-6-15/h2-9,11,13,16,31H,10,12H2,1H3,(H2,24,32)(H,25,28,29)(H,26,27,30)/t16-/m1/s1. The van der Waals surface area contributed by atoms with Crippen LogP contribution in [0.2, 0.25) is 0 Å². The zero-order valence-corrected chi connectivity index (χ0v) is 17.5. The number of aromatic nitrogens is 5. The second kappa shape index (κ2) is 9.36. The fraction of sp³-hybridized carbons (Fsp3) is 0.174. The fourth-order valence-corrected chi connectivity index (χ4v) is 3.56. The molecule has 0 spiro atoms. The van der Waals surface area contributed by atoms with Crippen LogP contribution in [0, 0.1) is 6.92 Å². The van der Waals surface area contributed by atoms with Gasteiger partial charge in [0, 0.05) is 23.4 Å². The van der Waals surface area contributed by atoms with Crippen molar-refractivity contribution in [1.29, 1.82) is 0 Å². The van der Waals surface area contributed by atoms with E-state index in [4.69, 9.17) is 10.7 Å². The van der Waals surface area contributed by atoms with Crippen LogP contribution in [0.3, 0.4) is 0 Å². The monoisotopic (exact) mass is 429 g/mol. The van der Waals surface area contributed by atoms with Gasteiger partial charge in [-0.3, -0.25) is 9.89 Å². The average molecular weight is 429 g/mol. The predicted octanol–water partition coefficient (Wildman–Crippen LogP) is 2.73. The Morgan fingerprint density at radius 1 is 1.19 bits per heavy atom. The molecule has 0 saturated carbocycles. The van der Waals surface area contributed by atoms with Gasteiger partial charge in [-0.25, -0.2) is 15.0 Å². The van der Waals surface area contributed by atoms with Crippen LogP contribution in [0.1, 0.15) is 33.1 Å². The number of aromatic amines is 1. The van der Waals surface area contributed by atoms with Crippen molar-refractivity contribution < 1.29 is 9.90 Å². The summed E-state index contributed by atoms with van der Waals surface area (Å²) in [6.07, 6.45) is 3.58. The molecule has 162 valence electrons. The van der Waals surface area contributed by atoms with Crippen LogP contribution >= 0.6 is 0 Å². The Kier molecular flexibility index (Phi) is 6.18. The van der Waals surface area contributed by atoms with Crippen LogP contribution in [0.4, 0.5) is 11.6 Å². The lowest BCUT2D eigenvalue weighted by molar-refractivity contribution is 0.0999. The molecule has 2 heterocycles. The normalized spacial score (nSPS) is 11.8. The second-order valence-corrected chi connectivity index (χ2v) is 7.40. The van der Waals surface area contributed by atoms with E-state index in [2.05, 4.69) is 25.5 Å². The van der Waals surface area contributed by atoms with E-state index in [0.29, 0.717) is 35.0 Å². The summed E-state index contributed by atoms with van der Waals surface area (Å²) in [6, 6.07) is 15.0. The number of hydrogen-bond acceptors (Lipinski definition) is 7. The number of rotatable bonds is 8. The van der Waals surface area contributed by atoms with Crippen molar-refractivity contribution in [1.82, 2.24) is 25.1 Å². The molecule has 0 saturated heterocycles. The van der Waals surface area contributed by atoms with Crippen LogP contribution in [0.25, 0.3) is 11.4 Å². The zero-order chi connectivity index (χ0) is 22.5. The highest BCUT2D eigenvalue weighted by atomic mass is 16.3. The molecule has 2 aromatic heterocycles. The van der Waals surface area contributed by atoms with Crippen molar-refractivity contribution in [2.75, 3.05) is 11.9 Å². The lowest BCUT2D eigenvalue weighted by Crippen LogP contribution is -2.13. The molecule has 0 aliphatic heterocycles. The van der Waals surface area contributed by atoms with Crippen molar-refractivity contribution in [3.05, 3.63) is 83.4 Å². The van der Waals surface area contributed by atoms with E-state index in [1.165, 1.54) is 6.33 Å². The minimum Gasteiger partial charge on any atom is -0.396 e. The highest BCUT2D eigenvalue weighted by molar-refractivity contribution is 5.94. The molecule has 0 aliphatic carbocycles. The van der Waals surface area contributed by atoms with Gasteiger partial charge >= 0.3 is 0 Å². The smallest absolute Gasteiger partial charge is 0.248 e. The van der Waals surface area contributed by atoms with E-state index in [9.17, 15) is 9.90 Å². The number of nitrogens with one attached hydrogen (secondary N) is 2. The molecule has 1 atom stereocenters. The molecule has 0 fully saturated rings. The Morgan fingerprint density at radius 3 is 2.66 bits per heavy atom. The summed E-state index contributed by atoms with van der Waals surface area (Å²) in [5.74, 6) is 0.329. The van der Waals surface area contributed by atoms with Gasteiger partial charge in [0.25, 0.3) is 0 Å². The van der Waals surface area contributed by atoms with Gasteiger partial charge < -0.3 is 16.2 Å². The molecule has 1 amide bonds. The number of primary amides is 1. The molecule has 4 aromatic rings. The van der Waals surface area contributed by atoms with Crippen molar-refractivity contribution in [3.63, 3.8) is 0 Å². The third-order valence-corrected chi connectivity index (χ3v) is 5.22.